The SMILES string of the molecule is Cc1nn(C)c(C)c1-c1cccc(C(N)=O)n1. The minimum absolute atomic E-state index is 0.269. The highest BCUT2D eigenvalue weighted by Gasteiger charge is 2.13. The summed E-state index contributed by atoms with van der Waals surface area (Å²) in [5.41, 5.74) is 9.07. The summed E-state index contributed by atoms with van der Waals surface area (Å²) in [7, 11) is 1.88. The molecule has 0 aliphatic rings. The van der Waals surface area contributed by atoms with E-state index in [9.17, 15) is 4.79 Å². The summed E-state index contributed by atoms with van der Waals surface area (Å²) in [6.45, 7) is 3.88. The summed E-state index contributed by atoms with van der Waals surface area (Å²) in [6.07, 6.45) is 0. The first kappa shape index (κ1) is 11.3. The highest BCUT2D eigenvalue weighted by atomic mass is 16.1. The van der Waals surface area contributed by atoms with E-state index in [1.54, 1.807) is 16.8 Å². The van der Waals surface area contributed by atoms with Gasteiger partial charge in [0.05, 0.1) is 11.4 Å². The van der Waals surface area contributed by atoms with E-state index in [2.05, 4.69) is 10.1 Å². The molecule has 0 radical (unpaired) electrons. The van der Waals surface area contributed by atoms with Crippen LogP contribution in [-0.4, -0.2) is 20.7 Å². The van der Waals surface area contributed by atoms with Crippen LogP contribution in [0.25, 0.3) is 11.3 Å². The number of hydrogen-bond donors (Lipinski definition) is 1. The average Bonchev–Trinajstić information content (AvgIpc) is 2.53. The molecule has 5 nitrogen and oxygen atoms in total. The summed E-state index contributed by atoms with van der Waals surface area (Å²) >= 11 is 0. The van der Waals surface area contributed by atoms with E-state index >= 15 is 0 Å². The summed E-state index contributed by atoms with van der Waals surface area (Å²) in [4.78, 5) is 15.3. The van der Waals surface area contributed by atoms with Gasteiger partial charge >= 0.3 is 0 Å². The van der Waals surface area contributed by atoms with Gasteiger partial charge in [0.15, 0.2) is 0 Å². The Morgan fingerprint density at radius 3 is 2.59 bits per heavy atom. The van der Waals surface area contributed by atoms with Crippen LogP contribution in [0.3, 0.4) is 0 Å². The number of pyridine rings is 1. The highest BCUT2D eigenvalue weighted by Crippen LogP contribution is 2.24. The lowest BCUT2D eigenvalue weighted by molar-refractivity contribution is 0.0995. The molecule has 0 aliphatic heterocycles. The first-order valence-corrected chi connectivity index (χ1v) is 5.28. The molecule has 88 valence electrons. The molecule has 2 aromatic rings. The number of hydrogen-bond acceptors (Lipinski definition) is 3. The van der Waals surface area contributed by atoms with Gasteiger partial charge < -0.3 is 5.73 Å². The van der Waals surface area contributed by atoms with E-state index in [4.69, 9.17) is 5.73 Å². The van der Waals surface area contributed by atoms with Crippen molar-refractivity contribution in [1.29, 1.82) is 0 Å². The quantitative estimate of drug-likeness (QED) is 0.842. The van der Waals surface area contributed by atoms with Gasteiger partial charge in [0, 0.05) is 18.3 Å². The third-order valence-corrected chi connectivity index (χ3v) is 2.77. The molecule has 0 saturated heterocycles. The maximum atomic E-state index is 11.1. The number of aryl methyl sites for hydroxylation is 2. The molecule has 0 atom stereocenters. The molecule has 17 heavy (non-hydrogen) atoms. The van der Waals surface area contributed by atoms with Gasteiger partial charge in [0.25, 0.3) is 5.91 Å². The Morgan fingerprint density at radius 2 is 2.06 bits per heavy atom. The Kier molecular flexibility index (Phi) is 2.67. The van der Waals surface area contributed by atoms with E-state index in [-0.39, 0.29) is 5.69 Å². The van der Waals surface area contributed by atoms with Crippen molar-refractivity contribution in [3.05, 3.63) is 35.3 Å². The number of primary amides is 1. The molecular formula is C12H14N4O. The van der Waals surface area contributed by atoms with Crippen molar-refractivity contribution < 1.29 is 4.79 Å². The molecule has 2 N–H and O–H groups in total. The lowest BCUT2D eigenvalue weighted by Gasteiger charge is -2.03. The van der Waals surface area contributed by atoms with E-state index in [0.717, 1.165) is 22.6 Å². The number of nitrogens with zero attached hydrogens (tertiary/aromatic N) is 3. The fourth-order valence-electron chi connectivity index (χ4n) is 1.86. The number of nitrogens with two attached hydrogens (primary N) is 1. The van der Waals surface area contributed by atoms with Crippen LogP contribution >= 0.6 is 0 Å². The molecule has 5 heteroatoms. The molecular weight excluding hydrogens is 216 g/mol. The van der Waals surface area contributed by atoms with Crippen molar-refractivity contribution in [1.82, 2.24) is 14.8 Å². The number of rotatable bonds is 2. The molecule has 0 spiro atoms. The predicted molar refractivity (Wildman–Crippen MR) is 64.4 cm³/mol. The van der Waals surface area contributed by atoms with Gasteiger partial charge in [-0.05, 0) is 26.0 Å². The van der Waals surface area contributed by atoms with Gasteiger partial charge in [-0.15, -0.1) is 0 Å². The van der Waals surface area contributed by atoms with Crippen LogP contribution in [0.4, 0.5) is 0 Å². The summed E-state index contributed by atoms with van der Waals surface area (Å²) in [5, 5.41) is 4.32. The molecule has 0 bridgehead atoms. The number of aromatic nitrogens is 3. The van der Waals surface area contributed by atoms with Crippen LogP contribution in [-0.2, 0) is 7.05 Å². The van der Waals surface area contributed by atoms with Crippen LogP contribution in [0.2, 0.25) is 0 Å². The maximum Gasteiger partial charge on any atom is 0.267 e. The molecule has 0 saturated carbocycles. The van der Waals surface area contributed by atoms with Crippen molar-refractivity contribution in [3.8, 4) is 11.3 Å². The average molecular weight is 230 g/mol. The van der Waals surface area contributed by atoms with Crippen molar-refractivity contribution in [2.45, 2.75) is 13.8 Å². The topological polar surface area (TPSA) is 73.8 Å². The molecule has 0 aromatic carbocycles. The second-order valence-electron chi connectivity index (χ2n) is 3.94. The Morgan fingerprint density at radius 1 is 1.35 bits per heavy atom. The fraction of sp³-hybridized carbons (Fsp3) is 0.250. The normalized spacial score (nSPS) is 10.5. The Hall–Kier alpha value is -2.17. The van der Waals surface area contributed by atoms with Crippen LogP contribution in [0.15, 0.2) is 18.2 Å². The zero-order valence-corrected chi connectivity index (χ0v) is 10.1. The summed E-state index contributed by atoms with van der Waals surface area (Å²) in [6, 6.07) is 5.23. The van der Waals surface area contributed by atoms with Crippen LogP contribution in [0, 0.1) is 13.8 Å². The lowest BCUT2D eigenvalue weighted by atomic mass is 10.1. The Bertz CT molecular complexity index is 586. The van der Waals surface area contributed by atoms with Crippen LogP contribution in [0.1, 0.15) is 21.9 Å². The first-order chi connectivity index (χ1) is 8.00. The molecule has 2 aromatic heterocycles. The molecule has 0 aliphatic carbocycles. The molecule has 2 rings (SSSR count). The molecule has 0 unspecified atom stereocenters. The van der Waals surface area contributed by atoms with Gasteiger partial charge in [-0.2, -0.15) is 5.10 Å². The minimum atomic E-state index is -0.522. The van der Waals surface area contributed by atoms with Gasteiger partial charge in [-0.3, -0.25) is 9.48 Å². The van der Waals surface area contributed by atoms with E-state index in [1.165, 1.54) is 0 Å². The monoisotopic (exact) mass is 230 g/mol. The number of carbonyl (C=O) groups excluding carboxylic acids is 1. The second-order valence-corrected chi connectivity index (χ2v) is 3.94. The van der Waals surface area contributed by atoms with Crippen LogP contribution in [0.5, 0.6) is 0 Å². The maximum absolute atomic E-state index is 11.1. The zero-order valence-electron chi connectivity index (χ0n) is 10.1. The van der Waals surface area contributed by atoms with E-state index in [0.29, 0.717) is 0 Å². The lowest BCUT2D eigenvalue weighted by Crippen LogP contribution is -2.13. The standard InChI is InChI=1S/C12H14N4O/c1-7-11(8(2)16(3)15-7)9-5-4-6-10(14-9)12(13)17/h4-6H,1-3H3,(H2,13,17). The van der Waals surface area contributed by atoms with Gasteiger partial charge in [-0.1, -0.05) is 6.07 Å². The van der Waals surface area contributed by atoms with Crippen molar-refractivity contribution in [3.63, 3.8) is 0 Å². The van der Waals surface area contributed by atoms with E-state index in [1.807, 2.05) is 27.0 Å². The summed E-state index contributed by atoms with van der Waals surface area (Å²) < 4.78 is 1.79. The Labute approximate surface area is 99.3 Å². The van der Waals surface area contributed by atoms with Crippen molar-refractivity contribution in [2.75, 3.05) is 0 Å². The largest absolute Gasteiger partial charge is 0.364 e. The number of carbonyl (C=O) groups is 1. The zero-order chi connectivity index (χ0) is 12.6. The number of amides is 1. The summed E-state index contributed by atoms with van der Waals surface area (Å²) in [5.74, 6) is -0.522. The fourth-order valence-corrected chi connectivity index (χ4v) is 1.86. The molecule has 2 heterocycles. The first-order valence-electron chi connectivity index (χ1n) is 5.28. The predicted octanol–water partition coefficient (Wildman–Crippen LogP) is 1.20. The van der Waals surface area contributed by atoms with Gasteiger partial charge in [0.2, 0.25) is 0 Å². The molecule has 1 amide bonds. The van der Waals surface area contributed by atoms with Gasteiger partial charge in [-0.25, -0.2) is 4.98 Å². The third-order valence-electron chi connectivity index (χ3n) is 2.77. The van der Waals surface area contributed by atoms with Gasteiger partial charge in [0.1, 0.15) is 5.69 Å². The van der Waals surface area contributed by atoms with Crippen LogP contribution < -0.4 is 5.73 Å². The second kappa shape index (κ2) is 4.01. The van der Waals surface area contributed by atoms with E-state index < -0.39 is 5.91 Å². The third kappa shape index (κ3) is 1.91. The minimum Gasteiger partial charge on any atom is -0.364 e. The Balaban J connectivity index is 2.60. The highest BCUT2D eigenvalue weighted by molar-refractivity contribution is 5.91. The smallest absolute Gasteiger partial charge is 0.267 e. The molecule has 0 fully saturated rings. The van der Waals surface area contributed by atoms with Crippen molar-refractivity contribution >= 4 is 5.91 Å². The van der Waals surface area contributed by atoms with Crippen molar-refractivity contribution in [2.24, 2.45) is 12.8 Å².